The summed E-state index contributed by atoms with van der Waals surface area (Å²) in [5.74, 6) is 0.743. The smallest absolute Gasteiger partial charge is 0.298 e. The van der Waals surface area contributed by atoms with Gasteiger partial charge in [-0.1, -0.05) is 0 Å². The number of nitrogen functional groups attached to an aromatic ring is 1. The average Bonchev–Trinajstić information content (AvgIpc) is 3.20. The van der Waals surface area contributed by atoms with Crippen molar-refractivity contribution in [3.8, 4) is 0 Å². The monoisotopic (exact) mass is 275 g/mol. The van der Waals surface area contributed by atoms with Crippen LogP contribution in [0.25, 0.3) is 11.1 Å². The van der Waals surface area contributed by atoms with E-state index in [1.807, 2.05) is 18.2 Å². The first kappa shape index (κ1) is 13.2. The Balaban J connectivity index is 1.90. The van der Waals surface area contributed by atoms with E-state index < -0.39 is 0 Å². The summed E-state index contributed by atoms with van der Waals surface area (Å²) in [6.07, 6.45) is 2.58. The summed E-state index contributed by atoms with van der Waals surface area (Å²) in [7, 11) is 1.72. The minimum absolute atomic E-state index is 0.426. The zero-order chi connectivity index (χ0) is 14.1. The normalized spacial score (nSPS) is 16.5. The van der Waals surface area contributed by atoms with Crippen molar-refractivity contribution in [1.29, 1.82) is 0 Å². The number of aromatic nitrogens is 1. The van der Waals surface area contributed by atoms with E-state index in [1.165, 1.54) is 12.8 Å². The second kappa shape index (κ2) is 5.32. The first-order chi connectivity index (χ1) is 9.69. The number of ether oxygens (including phenoxy) is 1. The second-order valence-electron chi connectivity index (χ2n) is 5.49. The molecule has 0 aliphatic heterocycles. The molecular formula is C15H21N3O2. The summed E-state index contributed by atoms with van der Waals surface area (Å²) in [6.45, 7) is 3.69. The maximum Gasteiger partial charge on any atom is 0.298 e. The van der Waals surface area contributed by atoms with Gasteiger partial charge in [0.1, 0.15) is 5.52 Å². The summed E-state index contributed by atoms with van der Waals surface area (Å²) in [6, 6.07) is 6.66. The third kappa shape index (κ3) is 2.58. The van der Waals surface area contributed by atoms with Crippen molar-refractivity contribution < 1.29 is 9.15 Å². The summed E-state index contributed by atoms with van der Waals surface area (Å²) in [5, 5.41) is 0. The maximum atomic E-state index is 5.89. The number of fused-ring (bicyclic) bond motifs is 1. The van der Waals surface area contributed by atoms with Crippen LogP contribution in [0.1, 0.15) is 19.8 Å². The van der Waals surface area contributed by atoms with Crippen molar-refractivity contribution in [3.05, 3.63) is 18.2 Å². The van der Waals surface area contributed by atoms with Gasteiger partial charge in [0.05, 0.1) is 6.61 Å². The molecule has 0 bridgehead atoms. The summed E-state index contributed by atoms with van der Waals surface area (Å²) in [5.41, 5.74) is 8.07. The molecule has 1 saturated carbocycles. The topological polar surface area (TPSA) is 64.5 Å². The Kier molecular flexibility index (Phi) is 3.53. The largest absolute Gasteiger partial charge is 0.423 e. The first-order valence-electron chi connectivity index (χ1n) is 7.10. The van der Waals surface area contributed by atoms with Crippen LogP contribution in [-0.2, 0) is 4.74 Å². The summed E-state index contributed by atoms with van der Waals surface area (Å²) < 4.78 is 11.1. The molecular weight excluding hydrogens is 254 g/mol. The van der Waals surface area contributed by atoms with Gasteiger partial charge in [-0.3, -0.25) is 0 Å². The molecule has 0 saturated heterocycles. The molecule has 1 aromatic carbocycles. The summed E-state index contributed by atoms with van der Waals surface area (Å²) >= 11 is 0. The predicted molar refractivity (Wildman–Crippen MR) is 79.8 cm³/mol. The van der Waals surface area contributed by atoms with E-state index in [4.69, 9.17) is 14.9 Å². The van der Waals surface area contributed by atoms with Crippen LogP contribution in [0.4, 0.5) is 11.7 Å². The molecule has 0 amide bonds. The van der Waals surface area contributed by atoms with Gasteiger partial charge < -0.3 is 19.8 Å². The Morgan fingerprint density at radius 3 is 3.00 bits per heavy atom. The molecule has 1 aliphatic rings. The van der Waals surface area contributed by atoms with Gasteiger partial charge in [0.25, 0.3) is 6.01 Å². The molecule has 20 heavy (non-hydrogen) atoms. The SMILES string of the molecule is COCCN(c1nc2ccc(N)cc2o1)C(C)C1CC1. The lowest BCUT2D eigenvalue weighted by atomic mass is 10.2. The standard InChI is InChI=1S/C15H21N3O2/c1-10(11-3-4-11)18(7-8-19-2)15-17-13-6-5-12(16)9-14(13)20-15/h5-6,9-11H,3-4,7-8,16H2,1-2H3. The molecule has 1 atom stereocenters. The lowest BCUT2D eigenvalue weighted by Gasteiger charge is -2.27. The van der Waals surface area contributed by atoms with E-state index in [0.717, 1.165) is 23.6 Å². The third-order valence-electron chi connectivity index (χ3n) is 3.98. The van der Waals surface area contributed by atoms with Crippen LogP contribution >= 0.6 is 0 Å². The highest BCUT2D eigenvalue weighted by atomic mass is 16.5. The lowest BCUT2D eigenvalue weighted by Crippen LogP contribution is -2.37. The van der Waals surface area contributed by atoms with Crippen LogP contribution in [-0.4, -0.2) is 31.3 Å². The van der Waals surface area contributed by atoms with E-state index in [0.29, 0.717) is 24.4 Å². The predicted octanol–water partition coefficient (Wildman–Crippen LogP) is 2.66. The Morgan fingerprint density at radius 2 is 2.30 bits per heavy atom. The van der Waals surface area contributed by atoms with E-state index in [-0.39, 0.29) is 0 Å². The molecule has 0 radical (unpaired) electrons. The molecule has 1 unspecified atom stereocenters. The van der Waals surface area contributed by atoms with Gasteiger partial charge in [-0.2, -0.15) is 4.98 Å². The Hall–Kier alpha value is -1.75. The van der Waals surface area contributed by atoms with Gasteiger partial charge in [-0.15, -0.1) is 0 Å². The zero-order valence-electron chi connectivity index (χ0n) is 12.0. The van der Waals surface area contributed by atoms with Gasteiger partial charge >= 0.3 is 0 Å². The van der Waals surface area contributed by atoms with Crippen LogP contribution in [0.3, 0.4) is 0 Å². The Bertz CT molecular complexity index is 592. The number of anilines is 2. The lowest BCUT2D eigenvalue weighted by molar-refractivity contribution is 0.201. The third-order valence-corrected chi connectivity index (χ3v) is 3.98. The number of methoxy groups -OCH3 is 1. The van der Waals surface area contributed by atoms with E-state index in [1.54, 1.807) is 7.11 Å². The molecule has 0 spiro atoms. The van der Waals surface area contributed by atoms with Crippen LogP contribution in [0, 0.1) is 5.92 Å². The maximum absolute atomic E-state index is 5.89. The zero-order valence-corrected chi connectivity index (χ0v) is 12.0. The van der Waals surface area contributed by atoms with Crippen LogP contribution < -0.4 is 10.6 Å². The fourth-order valence-corrected chi connectivity index (χ4v) is 2.55. The van der Waals surface area contributed by atoms with Crippen molar-refractivity contribution in [1.82, 2.24) is 4.98 Å². The molecule has 3 rings (SSSR count). The number of nitrogens with zero attached hydrogens (tertiary/aromatic N) is 2. The molecule has 1 aromatic heterocycles. The summed E-state index contributed by atoms with van der Waals surface area (Å²) in [4.78, 5) is 6.79. The number of benzene rings is 1. The Morgan fingerprint density at radius 1 is 1.50 bits per heavy atom. The van der Waals surface area contributed by atoms with Gasteiger partial charge in [-0.25, -0.2) is 0 Å². The second-order valence-corrected chi connectivity index (χ2v) is 5.49. The molecule has 1 heterocycles. The molecule has 2 aromatic rings. The number of nitrogens with two attached hydrogens (primary N) is 1. The molecule has 5 nitrogen and oxygen atoms in total. The van der Waals surface area contributed by atoms with Crippen LogP contribution in [0.15, 0.2) is 22.6 Å². The molecule has 2 N–H and O–H groups in total. The van der Waals surface area contributed by atoms with Crippen molar-refractivity contribution in [2.75, 3.05) is 30.9 Å². The van der Waals surface area contributed by atoms with Gasteiger partial charge in [0.2, 0.25) is 0 Å². The van der Waals surface area contributed by atoms with Crippen LogP contribution in [0.5, 0.6) is 0 Å². The number of hydrogen-bond acceptors (Lipinski definition) is 5. The van der Waals surface area contributed by atoms with Crippen molar-refractivity contribution in [3.63, 3.8) is 0 Å². The average molecular weight is 275 g/mol. The van der Waals surface area contributed by atoms with Crippen LogP contribution in [0.2, 0.25) is 0 Å². The fraction of sp³-hybridized carbons (Fsp3) is 0.533. The van der Waals surface area contributed by atoms with Gasteiger partial charge in [-0.05, 0) is 37.8 Å². The van der Waals surface area contributed by atoms with Crippen molar-refractivity contribution in [2.45, 2.75) is 25.8 Å². The first-order valence-corrected chi connectivity index (χ1v) is 7.10. The molecule has 5 heteroatoms. The van der Waals surface area contributed by atoms with E-state index in [2.05, 4.69) is 16.8 Å². The highest BCUT2D eigenvalue weighted by Crippen LogP contribution is 2.37. The van der Waals surface area contributed by atoms with Crippen molar-refractivity contribution in [2.24, 2.45) is 5.92 Å². The van der Waals surface area contributed by atoms with Gasteiger partial charge in [0.15, 0.2) is 5.58 Å². The van der Waals surface area contributed by atoms with E-state index in [9.17, 15) is 0 Å². The quantitative estimate of drug-likeness (QED) is 0.821. The van der Waals surface area contributed by atoms with Gasteiger partial charge in [0, 0.05) is 31.5 Å². The number of rotatable bonds is 6. The molecule has 1 aliphatic carbocycles. The minimum Gasteiger partial charge on any atom is -0.423 e. The highest BCUT2D eigenvalue weighted by molar-refractivity contribution is 5.78. The fourth-order valence-electron chi connectivity index (χ4n) is 2.55. The Labute approximate surface area is 118 Å². The number of hydrogen-bond donors (Lipinski definition) is 1. The minimum atomic E-state index is 0.426. The van der Waals surface area contributed by atoms with Crippen molar-refractivity contribution >= 4 is 22.8 Å². The van der Waals surface area contributed by atoms with E-state index >= 15 is 0 Å². The molecule has 1 fully saturated rings. The highest BCUT2D eigenvalue weighted by Gasteiger charge is 2.33. The molecule has 108 valence electrons. The number of oxazole rings is 1.